The molecule has 0 aliphatic carbocycles. The van der Waals surface area contributed by atoms with Crippen LogP contribution in [-0.4, -0.2) is 29.8 Å². The molecule has 0 bridgehead atoms. The van der Waals surface area contributed by atoms with Crippen LogP contribution in [0.1, 0.15) is 31.4 Å². The second-order valence-electron chi connectivity index (χ2n) is 7.35. The van der Waals surface area contributed by atoms with Gasteiger partial charge < -0.3 is 20.1 Å². The van der Waals surface area contributed by atoms with Crippen LogP contribution in [0.25, 0.3) is 0 Å². The third-order valence-electron chi connectivity index (χ3n) is 4.99. The summed E-state index contributed by atoms with van der Waals surface area (Å²) in [5.74, 6) is 1.20. The van der Waals surface area contributed by atoms with E-state index in [1.165, 1.54) is 11.8 Å². The van der Waals surface area contributed by atoms with Gasteiger partial charge >= 0.3 is 0 Å². The third kappa shape index (κ3) is 4.52. The smallest absolute Gasteiger partial charge is 0.238 e. The molecule has 0 fully saturated rings. The first-order chi connectivity index (χ1) is 14.4. The third-order valence-corrected chi connectivity index (χ3v) is 6.50. The van der Waals surface area contributed by atoms with Gasteiger partial charge in [0.1, 0.15) is 17.6 Å². The summed E-state index contributed by atoms with van der Waals surface area (Å²) in [5, 5.41) is 5.81. The molecule has 0 spiro atoms. The lowest BCUT2D eigenvalue weighted by Crippen LogP contribution is -2.34. The average Bonchev–Trinajstić information content (AvgIpc) is 3.06. The number of anilines is 1. The molecule has 158 valence electrons. The van der Waals surface area contributed by atoms with Crippen LogP contribution in [0, 0.1) is 0 Å². The molecule has 30 heavy (non-hydrogen) atoms. The number of carbonyl (C=O) groups is 2. The van der Waals surface area contributed by atoms with E-state index in [2.05, 4.69) is 10.6 Å². The number of amides is 2. The molecule has 2 atom stereocenters. The van der Waals surface area contributed by atoms with Crippen LogP contribution >= 0.6 is 23.4 Å². The molecule has 2 aliphatic heterocycles. The fourth-order valence-electron chi connectivity index (χ4n) is 3.60. The molecular weight excluding hydrogens is 424 g/mol. The number of fused-ring (bicyclic) bond motifs is 2. The summed E-state index contributed by atoms with van der Waals surface area (Å²) in [6.07, 6.45) is 1.07. The van der Waals surface area contributed by atoms with E-state index in [1.807, 2.05) is 32.0 Å². The van der Waals surface area contributed by atoms with Crippen LogP contribution in [0.5, 0.6) is 11.5 Å². The van der Waals surface area contributed by atoms with Gasteiger partial charge in [-0.3, -0.25) is 9.59 Å². The van der Waals surface area contributed by atoms with E-state index in [-0.39, 0.29) is 24.3 Å². The van der Waals surface area contributed by atoms with Crippen LogP contribution in [0.2, 0.25) is 5.02 Å². The number of ether oxygens (including phenoxy) is 2. The highest BCUT2D eigenvalue weighted by Gasteiger charge is 2.29. The topological polar surface area (TPSA) is 76.7 Å². The van der Waals surface area contributed by atoms with E-state index < -0.39 is 5.25 Å². The molecule has 2 heterocycles. The van der Waals surface area contributed by atoms with Crippen molar-refractivity contribution >= 4 is 40.9 Å². The van der Waals surface area contributed by atoms with Gasteiger partial charge in [0.25, 0.3) is 0 Å². The lowest BCUT2D eigenvalue weighted by atomic mass is 10.1. The normalized spacial score (nSPS) is 19.4. The molecule has 0 saturated carbocycles. The zero-order valence-corrected chi connectivity index (χ0v) is 18.4. The van der Waals surface area contributed by atoms with Gasteiger partial charge in [0.2, 0.25) is 11.8 Å². The lowest BCUT2D eigenvalue weighted by molar-refractivity contribution is -0.124. The minimum absolute atomic E-state index is 0.0843. The van der Waals surface area contributed by atoms with Gasteiger partial charge in [-0.05, 0) is 44.2 Å². The first kappa shape index (κ1) is 20.9. The van der Waals surface area contributed by atoms with Crippen LogP contribution in [0.3, 0.4) is 0 Å². The van der Waals surface area contributed by atoms with Gasteiger partial charge in [0.05, 0.1) is 17.5 Å². The summed E-state index contributed by atoms with van der Waals surface area (Å²) >= 11 is 7.35. The van der Waals surface area contributed by atoms with E-state index in [0.717, 1.165) is 33.9 Å². The Morgan fingerprint density at radius 2 is 2.20 bits per heavy atom. The summed E-state index contributed by atoms with van der Waals surface area (Å²) in [6.45, 7) is 4.81. The molecule has 0 unspecified atom stereocenters. The second-order valence-corrected chi connectivity index (χ2v) is 9.03. The van der Waals surface area contributed by atoms with Gasteiger partial charge in [-0.15, -0.1) is 11.8 Å². The Balaban J connectivity index is 1.40. The first-order valence-electron chi connectivity index (χ1n) is 9.92. The van der Waals surface area contributed by atoms with Crippen LogP contribution in [-0.2, 0) is 22.6 Å². The van der Waals surface area contributed by atoms with E-state index in [1.54, 1.807) is 12.1 Å². The van der Waals surface area contributed by atoms with Gasteiger partial charge in [0, 0.05) is 40.4 Å². The molecule has 0 radical (unpaired) electrons. The van der Waals surface area contributed by atoms with Crippen molar-refractivity contribution in [2.75, 3.05) is 11.9 Å². The molecule has 8 heteroatoms. The number of hydrogen-bond acceptors (Lipinski definition) is 5. The monoisotopic (exact) mass is 446 g/mol. The second kappa shape index (κ2) is 8.78. The van der Waals surface area contributed by atoms with Gasteiger partial charge in [0.15, 0.2) is 0 Å². The molecule has 0 saturated heterocycles. The Labute approximate surface area is 184 Å². The SMILES string of the molecule is CCOc1cc2c(cc1CNC(=O)C[C@@H]1Sc3ccc(Cl)cc3NC1=O)O[C@H](C)C2. The largest absolute Gasteiger partial charge is 0.494 e. The van der Waals surface area contributed by atoms with Gasteiger partial charge in [-0.2, -0.15) is 0 Å². The van der Waals surface area contributed by atoms with E-state index >= 15 is 0 Å². The van der Waals surface area contributed by atoms with Crippen molar-refractivity contribution in [3.63, 3.8) is 0 Å². The summed E-state index contributed by atoms with van der Waals surface area (Å²) in [6, 6.07) is 9.27. The van der Waals surface area contributed by atoms with E-state index in [9.17, 15) is 9.59 Å². The number of halogens is 1. The summed E-state index contributed by atoms with van der Waals surface area (Å²) in [5.41, 5.74) is 2.66. The minimum Gasteiger partial charge on any atom is -0.494 e. The number of benzene rings is 2. The summed E-state index contributed by atoms with van der Waals surface area (Å²) in [7, 11) is 0. The maximum atomic E-state index is 12.6. The highest BCUT2D eigenvalue weighted by molar-refractivity contribution is 8.01. The number of thioether (sulfide) groups is 1. The number of nitrogens with one attached hydrogen (secondary N) is 2. The molecule has 0 aromatic heterocycles. The van der Waals surface area contributed by atoms with Crippen molar-refractivity contribution in [3.8, 4) is 11.5 Å². The van der Waals surface area contributed by atoms with Crippen LogP contribution in [0.4, 0.5) is 5.69 Å². The molecule has 2 aromatic rings. The number of carbonyl (C=O) groups excluding carboxylic acids is 2. The minimum atomic E-state index is -0.491. The zero-order valence-electron chi connectivity index (χ0n) is 16.8. The molecular formula is C22H23ClN2O4S. The van der Waals surface area contributed by atoms with E-state index in [0.29, 0.717) is 23.9 Å². The van der Waals surface area contributed by atoms with Crippen molar-refractivity contribution in [1.29, 1.82) is 0 Å². The first-order valence-corrected chi connectivity index (χ1v) is 11.2. The van der Waals surface area contributed by atoms with E-state index in [4.69, 9.17) is 21.1 Å². The molecule has 2 amide bonds. The fourth-order valence-corrected chi connectivity index (χ4v) is 4.86. The molecule has 4 rings (SSSR count). The van der Waals surface area contributed by atoms with Crippen molar-refractivity contribution in [1.82, 2.24) is 5.32 Å². The maximum absolute atomic E-state index is 12.6. The van der Waals surface area contributed by atoms with Crippen LogP contribution in [0.15, 0.2) is 35.2 Å². The van der Waals surface area contributed by atoms with Crippen molar-refractivity contribution in [2.45, 2.75) is 49.5 Å². The van der Waals surface area contributed by atoms with Crippen molar-refractivity contribution in [3.05, 3.63) is 46.5 Å². The Morgan fingerprint density at radius 1 is 1.37 bits per heavy atom. The molecule has 2 aromatic carbocycles. The fraction of sp³-hybridized carbons (Fsp3) is 0.364. The number of hydrogen-bond donors (Lipinski definition) is 2. The quantitative estimate of drug-likeness (QED) is 0.696. The van der Waals surface area contributed by atoms with Crippen molar-refractivity contribution in [2.24, 2.45) is 0 Å². The Bertz CT molecular complexity index is 997. The summed E-state index contributed by atoms with van der Waals surface area (Å²) < 4.78 is 11.6. The summed E-state index contributed by atoms with van der Waals surface area (Å²) in [4.78, 5) is 25.8. The van der Waals surface area contributed by atoms with Crippen LogP contribution < -0.4 is 20.1 Å². The predicted molar refractivity (Wildman–Crippen MR) is 118 cm³/mol. The lowest BCUT2D eigenvalue weighted by Gasteiger charge is -2.24. The van der Waals surface area contributed by atoms with Crippen molar-refractivity contribution < 1.29 is 19.1 Å². The Morgan fingerprint density at radius 3 is 3.00 bits per heavy atom. The Hall–Kier alpha value is -2.38. The number of rotatable bonds is 6. The molecule has 2 aliphatic rings. The average molecular weight is 447 g/mol. The Kier molecular flexibility index (Phi) is 6.11. The molecule has 2 N–H and O–H groups in total. The molecule has 6 nitrogen and oxygen atoms in total. The highest BCUT2D eigenvalue weighted by Crippen LogP contribution is 2.38. The zero-order chi connectivity index (χ0) is 21.3. The predicted octanol–water partition coefficient (Wildman–Crippen LogP) is 4.18. The maximum Gasteiger partial charge on any atom is 0.238 e. The van der Waals surface area contributed by atoms with Gasteiger partial charge in [-0.25, -0.2) is 0 Å². The van der Waals surface area contributed by atoms with Gasteiger partial charge in [-0.1, -0.05) is 11.6 Å². The standard InChI is InChI=1S/C22H23ClN2O4S/c1-3-28-17-7-13-6-12(2)29-18(13)8-14(17)11-24-21(26)10-20-22(27)25-16-9-15(23)4-5-19(16)30-20/h4-5,7-9,12,20H,3,6,10-11H2,1-2H3,(H,24,26)(H,25,27)/t12-,20+/m1/s1. The highest BCUT2D eigenvalue weighted by atomic mass is 35.5.